The van der Waals surface area contributed by atoms with Crippen LogP contribution in [-0.2, 0) is 20.5 Å². The molecule has 3 N–H and O–H groups in total. The van der Waals surface area contributed by atoms with E-state index in [1.54, 1.807) is 13.0 Å². The largest absolute Gasteiger partial charge is 0.504 e. The third-order valence-corrected chi connectivity index (χ3v) is 6.26. The van der Waals surface area contributed by atoms with Gasteiger partial charge in [0.15, 0.2) is 17.3 Å². The van der Waals surface area contributed by atoms with Crippen molar-refractivity contribution in [2.24, 2.45) is 5.73 Å². The fourth-order valence-corrected chi connectivity index (χ4v) is 4.73. The van der Waals surface area contributed by atoms with Gasteiger partial charge in [-0.3, -0.25) is 9.69 Å². The molecule has 7 nitrogen and oxygen atoms in total. The minimum absolute atomic E-state index is 0.0135. The Morgan fingerprint density at radius 3 is 2.58 bits per heavy atom. The van der Waals surface area contributed by atoms with Crippen LogP contribution < -0.4 is 15.4 Å². The van der Waals surface area contributed by atoms with E-state index in [2.05, 4.69) is 0 Å². The predicted octanol–water partition coefficient (Wildman–Crippen LogP) is 4.76. The zero-order valence-corrected chi connectivity index (χ0v) is 19.7. The average molecular weight is 502 g/mol. The number of rotatable bonds is 5. The fraction of sp³-hybridized carbons (Fsp3) is 0.308. The predicted molar refractivity (Wildman–Crippen MR) is 125 cm³/mol. The summed E-state index contributed by atoms with van der Waals surface area (Å²) < 4.78 is 50.8. The number of methoxy groups -OCH3 is 1. The SMILES string of the molecule is CCOC(=O)C1=C(N)N(c2cccc(C(F)(F)F)c2)C2=C(C(=O)CCC2)[C@@H]1c1ccc(OC)c(O)c1. The minimum atomic E-state index is -4.60. The summed E-state index contributed by atoms with van der Waals surface area (Å²) in [5, 5.41) is 10.4. The van der Waals surface area contributed by atoms with E-state index in [1.807, 2.05) is 0 Å². The molecule has 1 heterocycles. The van der Waals surface area contributed by atoms with Gasteiger partial charge in [-0.25, -0.2) is 4.79 Å². The number of nitrogens with two attached hydrogens (primary N) is 1. The number of ether oxygens (including phenoxy) is 2. The molecule has 36 heavy (non-hydrogen) atoms. The van der Waals surface area contributed by atoms with E-state index < -0.39 is 23.6 Å². The van der Waals surface area contributed by atoms with Crippen LogP contribution in [0, 0.1) is 0 Å². The highest BCUT2D eigenvalue weighted by Gasteiger charge is 2.43. The molecule has 1 aliphatic heterocycles. The first-order chi connectivity index (χ1) is 17.1. The summed E-state index contributed by atoms with van der Waals surface area (Å²) in [5.74, 6) is -2.20. The van der Waals surface area contributed by atoms with Crippen molar-refractivity contribution in [3.63, 3.8) is 0 Å². The van der Waals surface area contributed by atoms with Gasteiger partial charge in [-0.05, 0) is 55.7 Å². The lowest BCUT2D eigenvalue weighted by Crippen LogP contribution is -2.41. The highest BCUT2D eigenvalue weighted by atomic mass is 19.4. The number of carbonyl (C=O) groups excluding carboxylic acids is 2. The Kier molecular flexibility index (Phi) is 6.71. The number of ketones is 1. The van der Waals surface area contributed by atoms with Crippen molar-refractivity contribution in [3.8, 4) is 11.5 Å². The highest BCUT2D eigenvalue weighted by molar-refractivity contribution is 6.05. The molecule has 1 atom stereocenters. The summed E-state index contributed by atoms with van der Waals surface area (Å²) in [6, 6.07) is 9.02. The standard InChI is InChI=1S/C26H25F3N2O5/c1-3-36-25(34)23-21(14-10-11-20(35-2)19(33)12-14)22-17(8-5-9-18(22)32)31(24(23)30)16-7-4-6-15(13-16)26(27,28)29/h4,6-7,10-13,21,33H,3,5,8-9,30H2,1-2H3/t21-/m0/s1. The van der Waals surface area contributed by atoms with Crippen LogP contribution in [0.1, 0.15) is 43.2 Å². The molecule has 2 aliphatic rings. The Balaban J connectivity index is 1.99. The van der Waals surface area contributed by atoms with E-state index in [-0.39, 0.29) is 53.0 Å². The molecule has 0 amide bonds. The van der Waals surface area contributed by atoms with Gasteiger partial charge in [0, 0.05) is 23.4 Å². The lowest BCUT2D eigenvalue weighted by Gasteiger charge is -2.40. The van der Waals surface area contributed by atoms with Crippen LogP contribution in [0.4, 0.5) is 18.9 Å². The van der Waals surface area contributed by atoms with E-state index in [0.717, 1.165) is 12.1 Å². The molecule has 1 aliphatic carbocycles. The number of phenolic OH excluding ortho intramolecular Hbond substituents is 1. The lowest BCUT2D eigenvalue weighted by atomic mass is 9.75. The summed E-state index contributed by atoms with van der Waals surface area (Å²) in [6.45, 7) is 1.62. The number of carbonyl (C=O) groups is 2. The average Bonchev–Trinajstić information content (AvgIpc) is 2.83. The van der Waals surface area contributed by atoms with Gasteiger partial charge in [-0.1, -0.05) is 12.1 Å². The topological polar surface area (TPSA) is 102 Å². The number of hydrogen-bond acceptors (Lipinski definition) is 7. The molecule has 2 aromatic rings. The molecule has 0 saturated heterocycles. The maximum Gasteiger partial charge on any atom is 0.416 e. The first-order valence-corrected chi connectivity index (χ1v) is 11.4. The Morgan fingerprint density at radius 2 is 1.94 bits per heavy atom. The van der Waals surface area contributed by atoms with Gasteiger partial charge in [-0.2, -0.15) is 13.2 Å². The van der Waals surface area contributed by atoms with Crippen LogP contribution >= 0.6 is 0 Å². The molecule has 0 fully saturated rings. The molecular formula is C26H25F3N2O5. The van der Waals surface area contributed by atoms with Crippen molar-refractivity contribution in [1.29, 1.82) is 0 Å². The second-order valence-corrected chi connectivity index (χ2v) is 8.40. The quantitative estimate of drug-likeness (QED) is 0.568. The summed E-state index contributed by atoms with van der Waals surface area (Å²) in [5.41, 5.74) is 6.64. The Hall–Kier alpha value is -3.95. The number of hydrogen-bond donors (Lipinski definition) is 2. The number of alkyl halides is 3. The van der Waals surface area contributed by atoms with E-state index in [0.29, 0.717) is 24.1 Å². The molecular weight excluding hydrogens is 477 g/mol. The van der Waals surface area contributed by atoms with Crippen molar-refractivity contribution in [2.45, 2.75) is 38.3 Å². The first-order valence-electron chi connectivity index (χ1n) is 11.4. The monoisotopic (exact) mass is 502 g/mol. The van der Waals surface area contributed by atoms with Gasteiger partial charge in [0.25, 0.3) is 0 Å². The number of benzene rings is 2. The molecule has 0 unspecified atom stereocenters. The normalized spacial score (nSPS) is 18.3. The van der Waals surface area contributed by atoms with Crippen LogP contribution in [0.3, 0.4) is 0 Å². The van der Waals surface area contributed by atoms with Crippen LogP contribution in [0.25, 0.3) is 0 Å². The number of anilines is 1. The van der Waals surface area contributed by atoms with Crippen molar-refractivity contribution in [1.82, 2.24) is 0 Å². The molecule has 10 heteroatoms. The molecule has 2 aromatic carbocycles. The second-order valence-electron chi connectivity index (χ2n) is 8.40. The van der Waals surface area contributed by atoms with Gasteiger partial charge in [0.05, 0.1) is 30.8 Å². The molecule has 0 saturated carbocycles. The summed E-state index contributed by atoms with van der Waals surface area (Å²) in [6.07, 6.45) is -3.58. The Morgan fingerprint density at radius 1 is 1.19 bits per heavy atom. The maximum atomic E-state index is 13.5. The summed E-state index contributed by atoms with van der Waals surface area (Å²) >= 11 is 0. The Labute approximate surface area is 205 Å². The van der Waals surface area contributed by atoms with E-state index in [1.165, 1.54) is 36.3 Å². The number of phenols is 1. The van der Waals surface area contributed by atoms with Crippen LogP contribution in [-0.4, -0.2) is 30.6 Å². The van der Waals surface area contributed by atoms with Gasteiger partial charge in [0.1, 0.15) is 5.82 Å². The number of Topliss-reactive ketones (excluding diaryl/α,β-unsaturated/α-hetero) is 1. The molecule has 0 bridgehead atoms. The Bertz CT molecular complexity index is 1280. The van der Waals surface area contributed by atoms with Gasteiger partial charge in [0.2, 0.25) is 0 Å². The van der Waals surface area contributed by atoms with E-state index >= 15 is 0 Å². The molecule has 4 rings (SSSR count). The smallest absolute Gasteiger partial charge is 0.416 e. The van der Waals surface area contributed by atoms with Crippen molar-refractivity contribution in [2.75, 3.05) is 18.6 Å². The number of halogens is 3. The van der Waals surface area contributed by atoms with Crippen LogP contribution in [0.5, 0.6) is 11.5 Å². The number of allylic oxidation sites excluding steroid dienone is 2. The minimum Gasteiger partial charge on any atom is -0.504 e. The first kappa shape index (κ1) is 25.2. The summed E-state index contributed by atoms with van der Waals surface area (Å²) in [4.78, 5) is 27.8. The van der Waals surface area contributed by atoms with Crippen LogP contribution in [0.15, 0.2) is 65.1 Å². The maximum absolute atomic E-state index is 13.5. The molecule has 190 valence electrons. The van der Waals surface area contributed by atoms with Crippen molar-refractivity contribution >= 4 is 17.4 Å². The lowest BCUT2D eigenvalue weighted by molar-refractivity contribution is -0.139. The number of aromatic hydroxyl groups is 1. The van der Waals surface area contributed by atoms with Gasteiger partial charge < -0.3 is 20.3 Å². The molecule has 0 radical (unpaired) electrons. The zero-order chi connectivity index (χ0) is 26.2. The van der Waals surface area contributed by atoms with E-state index in [4.69, 9.17) is 15.2 Å². The molecule has 0 aromatic heterocycles. The van der Waals surface area contributed by atoms with Gasteiger partial charge in [-0.15, -0.1) is 0 Å². The number of nitrogens with zero attached hydrogens (tertiary/aromatic N) is 1. The number of esters is 1. The summed E-state index contributed by atoms with van der Waals surface area (Å²) in [7, 11) is 1.38. The third-order valence-electron chi connectivity index (χ3n) is 6.26. The molecule has 0 spiro atoms. The zero-order valence-electron chi connectivity index (χ0n) is 19.7. The van der Waals surface area contributed by atoms with Crippen LogP contribution in [0.2, 0.25) is 0 Å². The van der Waals surface area contributed by atoms with Gasteiger partial charge >= 0.3 is 12.1 Å². The second kappa shape index (κ2) is 9.60. The van der Waals surface area contributed by atoms with Crippen molar-refractivity contribution < 1.29 is 37.3 Å². The van der Waals surface area contributed by atoms with Crippen molar-refractivity contribution in [3.05, 3.63) is 76.3 Å². The highest BCUT2D eigenvalue weighted by Crippen LogP contribution is 2.48. The third kappa shape index (κ3) is 4.38. The van der Waals surface area contributed by atoms with E-state index in [9.17, 15) is 27.9 Å². The fourth-order valence-electron chi connectivity index (χ4n) is 4.73.